The lowest BCUT2D eigenvalue weighted by molar-refractivity contribution is 0.520. The quantitative estimate of drug-likeness (QED) is 0.824. The van der Waals surface area contributed by atoms with Crippen molar-refractivity contribution in [3.8, 4) is 0 Å². The zero-order valence-electron chi connectivity index (χ0n) is 10.9. The Balaban J connectivity index is 3.08. The van der Waals surface area contributed by atoms with Gasteiger partial charge in [-0.3, -0.25) is 0 Å². The molecule has 1 heterocycles. The average Bonchev–Trinajstić information content (AvgIpc) is 2.69. The van der Waals surface area contributed by atoms with Crippen LogP contribution in [-0.4, -0.2) is 37.9 Å². The summed E-state index contributed by atoms with van der Waals surface area (Å²) in [7, 11) is -0.241. The molecule has 0 atom stereocenters. The van der Waals surface area contributed by atoms with Crippen molar-refractivity contribution in [2.75, 3.05) is 20.6 Å². The van der Waals surface area contributed by atoms with E-state index >= 15 is 0 Å². The monoisotopic (exact) mass is 259 g/mol. The fourth-order valence-electron chi connectivity index (χ4n) is 1.57. The molecule has 1 aromatic heterocycles. The SMILES string of the molecule is CCNCc1cc(S(=O)(=O)N(C)C)cn1CC. The van der Waals surface area contributed by atoms with E-state index in [0.717, 1.165) is 18.8 Å². The molecule has 0 unspecified atom stereocenters. The fraction of sp³-hybridized carbons (Fsp3) is 0.636. The van der Waals surface area contributed by atoms with Crippen LogP contribution in [0.1, 0.15) is 19.5 Å². The van der Waals surface area contributed by atoms with Crippen molar-refractivity contribution in [3.05, 3.63) is 18.0 Å². The zero-order chi connectivity index (χ0) is 13.1. The van der Waals surface area contributed by atoms with Gasteiger partial charge in [0.15, 0.2) is 0 Å². The van der Waals surface area contributed by atoms with E-state index in [-0.39, 0.29) is 0 Å². The maximum atomic E-state index is 12.0. The number of hydrogen-bond donors (Lipinski definition) is 1. The molecular formula is C11H21N3O2S. The van der Waals surface area contributed by atoms with Gasteiger partial charge >= 0.3 is 0 Å². The van der Waals surface area contributed by atoms with Crippen LogP contribution in [0, 0.1) is 0 Å². The third-order valence-corrected chi connectivity index (χ3v) is 4.42. The lowest BCUT2D eigenvalue weighted by atomic mass is 10.4. The molecule has 17 heavy (non-hydrogen) atoms. The van der Waals surface area contributed by atoms with Crippen LogP contribution < -0.4 is 5.32 Å². The summed E-state index contributed by atoms with van der Waals surface area (Å²) in [6.07, 6.45) is 1.70. The molecule has 1 aromatic rings. The molecule has 0 aliphatic heterocycles. The second-order valence-corrected chi connectivity index (χ2v) is 6.17. The van der Waals surface area contributed by atoms with Crippen molar-refractivity contribution in [3.63, 3.8) is 0 Å². The summed E-state index contributed by atoms with van der Waals surface area (Å²) >= 11 is 0. The minimum Gasteiger partial charge on any atom is -0.349 e. The van der Waals surface area contributed by atoms with Gasteiger partial charge in [-0.2, -0.15) is 0 Å². The molecule has 0 saturated carbocycles. The van der Waals surface area contributed by atoms with Crippen LogP contribution in [0.2, 0.25) is 0 Å². The summed E-state index contributed by atoms with van der Waals surface area (Å²) in [5.41, 5.74) is 0.995. The summed E-state index contributed by atoms with van der Waals surface area (Å²) in [5, 5.41) is 3.20. The Hall–Kier alpha value is -0.850. The minimum atomic E-state index is -3.33. The van der Waals surface area contributed by atoms with Gasteiger partial charge < -0.3 is 9.88 Å². The molecule has 1 rings (SSSR count). The summed E-state index contributed by atoms with van der Waals surface area (Å²) in [5.74, 6) is 0. The molecule has 0 saturated heterocycles. The first-order valence-electron chi connectivity index (χ1n) is 5.75. The maximum absolute atomic E-state index is 12.0. The second-order valence-electron chi connectivity index (χ2n) is 4.02. The van der Waals surface area contributed by atoms with Crippen molar-refractivity contribution in [1.29, 1.82) is 0 Å². The van der Waals surface area contributed by atoms with E-state index in [4.69, 9.17) is 0 Å². The van der Waals surface area contributed by atoms with Crippen molar-refractivity contribution < 1.29 is 8.42 Å². The van der Waals surface area contributed by atoms with E-state index in [0.29, 0.717) is 11.4 Å². The topological polar surface area (TPSA) is 54.3 Å². The Morgan fingerprint density at radius 1 is 1.35 bits per heavy atom. The number of hydrogen-bond acceptors (Lipinski definition) is 3. The molecule has 0 radical (unpaired) electrons. The third-order valence-electron chi connectivity index (χ3n) is 2.64. The Morgan fingerprint density at radius 2 is 2.00 bits per heavy atom. The van der Waals surface area contributed by atoms with Crippen LogP contribution in [0.25, 0.3) is 0 Å². The van der Waals surface area contributed by atoms with Crippen molar-refractivity contribution in [1.82, 2.24) is 14.2 Å². The molecule has 98 valence electrons. The molecule has 0 amide bonds. The lowest BCUT2D eigenvalue weighted by Crippen LogP contribution is -2.21. The summed E-state index contributed by atoms with van der Waals surface area (Å²) < 4.78 is 27.2. The number of aromatic nitrogens is 1. The molecule has 1 N–H and O–H groups in total. The first-order chi connectivity index (χ1) is 7.93. The van der Waals surface area contributed by atoms with Gasteiger partial charge in [0.2, 0.25) is 10.0 Å². The second kappa shape index (κ2) is 5.66. The molecule has 6 heteroatoms. The van der Waals surface area contributed by atoms with Gasteiger partial charge in [0, 0.05) is 39.1 Å². The highest BCUT2D eigenvalue weighted by Gasteiger charge is 2.20. The lowest BCUT2D eigenvalue weighted by Gasteiger charge is -2.08. The Labute approximate surface area is 103 Å². The van der Waals surface area contributed by atoms with Gasteiger partial charge in [-0.05, 0) is 19.5 Å². The number of sulfonamides is 1. The van der Waals surface area contributed by atoms with Crippen LogP contribution in [-0.2, 0) is 23.1 Å². The van der Waals surface area contributed by atoms with E-state index in [1.54, 1.807) is 26.4 Å². The molecule has 0 aliphatic rings. The number of nitrogens with one attached hydrogen (secondary N) is 1. The Kier molecular flexibility index (Phi) is 4.73. The normalized spacial score (nSPS) is 12.3. The third kappa shape index (κ3) is 3.08. The first kappa shape index (κ1) is 14.2. The van der Waals surface area contributed by atoms with Gasteiger partial charge in [0.1, 0.15) is 4.90 Å². The standard InChI is InChI=1S/C11H21N3O2S/c1-5-12-8-10-7-11(9-14(10)6-2)17(15,16)13(3)4/h7,9,12H,5-6,8H2,1-4H3. The molecule has 0 bridgehead atoms. The van der Waals surface area contributed by atoms with Crippen LogP contribution >= 0.6 is 0 Å². The highest BCUT2D eigenvalue weighted by Crippen LogP contribution is 2.17. The highest BCUT2D eigenvalue weighted by atomic mass is 32.2. The van der Waals surface area contributed by atoms with Gasteiger partial charge in [-0.1, -0.05) is 6.92 Å². The predicted molar refractivity (Wildman–Crippen MR) is 68.4 cm³/mol. The molecule has 0 spiro atoms. The predicted octanol–water partition coefficient (Wildman–Crippen LogP) is 0.868. The average molecular weight is 259 g/mol. The highest BCUT2D eigenvalue weighted by molar-refractivity contribution is 7.89. The van der Waals surface area contributed by atoms with E-state index in [9.17, 15) is 8.42 Å². The van der Waals surface area contributed by atoms with E-state index in [2.05, 4.69) is 5.32 Å². The molecule has 0 fully saturated rings. The van der Waals surface area contributed by atoms with Crippen molar-refractivity contribution in [2.45, 2.75) is 31.8 Å². The first-order valence-corrected chi connectivity index (χ1v) is 7.19. The van der Waals surface area contributed by atoms with E-state index in [1.807, 2.05) is 18.4 Å². The number of aryl methyl sites for hydroxylation is 1. The van der Waals surface area contributed by atoms with Crippen LogP contribution in [0.3, 0.4) is 0 Å². The summed E-state index contributed by atoms with van der Waals surface area (Å²) in [6.45, 7) is 6.35. The number of nitrogens with zero attached hydrogens (tertiary/aromatic N) is 2. The van der Waals surface area contributed by atoms with Gasteiger partial charge in [0.05, 0.1) is 0 Å². The number of rotatable bonds is 6. The van der Waals surface area contributed by atoms with Crippen LogP contribution in [0.5, 0.6) is 0 Å². The Morgan fingerprint density at radius 3 is 2.47 bits per heavy atom. The molecule has 0 aliphatic carbocycles. The van der Waals surface area contributed by atoms with Crippen molar-refractivity contribution >= 4 is 10.0 Å². The molecule has 5 nitrogen and oxygen atoms in total. The minimum absolute atomic E-state index is 0.359. The summed E-state index contributed by atoms with van der Waals surface area (Å²) in [6, 6.07) is 1.74. The molecular weight excluding hydrogens is 238 g/mol. The van der Waals surface area contributed by atoms with Crippen LogP contribution in [0.4, 0.5) is 0 Å². The Bertz CT molecular complexity index is 463. The van der Waals surface area contributed by atoms with Crippen molar-refractivity contribution in [2.24, 2.45) is 0 Å². The largest absolute Gasteiger partial charge is 0.349 e. The molecule has 0 aromatic carbocycles. The van der Waals surface area contributed by atoms with Gasteiger partial charge in [0.25, 0.3) is 0 Å². The maximum Gasteiger partial charge on any atom is 0.244 e. The fourth-order valence-corrected chi connectivity index (χ4v) is 2.54. The summed E-state index contributed by atoms with van der Waals surface area (Å²) in [4.78, 5) is 0.359. The van der Waals surface area contributed by atoms with E-state index in [1.165, 1.54) is 4.31 Å². The van der Waals surface area contributed by atoms with Crippen LogP contribution in [0.15, 0.2) is 17.2 Å². The van der Waals surface area contributed by atoms with E-state index < -0.39 is 10.0 Å². The zero-order valence-corrected chi connectivity index (χ0v) is 11.7. The van der Waals surface area contributed by atoms with Gasteiger partial charge in [-0.15, -0.1) is 0 Å². The van der Waals surface area contributed by atoms with Gasteiger partial charge in [-0.25, -0.2) is 12.7 Å². The smallest absolute Gasteiger partial charge is 0.244 e.